The molecule has 1 aliphatic rings. The lowest BCUT2D eigenvalue weighted by Gasteiger charge is -2.22. The molecule has 0 amide bonds. The van der Waals surface area contributed by atoms with E-state index >= 15 is 0 Å². The summed E-state index contributed by atoms with van der Waals surface area (Å²) in [5.74, 6) is 0.639. The van der Waals surface area contributed by atoms with Crippen molar-refractivity contribution < 1.29 is 17.9 Å². The molecule has 0 spiro atoms. The van der Waals surface area contributed by atoms with Crippen molar-refractivity contribution in [3.05, 3.63) is 29.3 Å². The standard InChI is InChI=1S/C14H18F3NO/c1-2-7-18-12(9-14(15,16)17)11-5-3-4-10-6-8-19-13(10)11/h3-5,12,18H,2,6-9H2,1H3. The Morgan fingerprint density at radius 1 is 1.37 bits per heavy atom. The summed E-state index contributed by atoms with van der Waals surface area (Å²) in [6.45, 7) is 3.05. The van der Waals surface area contributed by atoms with Crippen LogP contribution < -0.4 is 10.1 Å². The van der Waals surface area contributed by atoms with Crippen LogP contribution in [0.5, 0.6) is 5.75 Å². The van der Waals surface area contributed by atoms with Crippen LogP contribution in [0.25, 0.3) is 0 Å². The highest BCUT2D eigenvalue weighted by Crippen LogP contribution is 2.38. The number of hydrogen-bond acceptors (Lipinski definition) is 2. The van der Waals surface area contributed by atoms with Crippen LogP contribution in [-0.2, 0) is 6.42 Å². The van der Waals surface area contributed by atoms with Gasteiger partial charge in [0.25, 0.3) is 0 Å². The number of nitrogens with one attached hydrogen (secondary N) is 1. The normalized spacial score (nSPS) is 16.0. The third kappa shape index (κ3) is 3.62. The molecular formula is C14H18F3NO. The number of alkyl halides is 3. The van der Waals surface area contributed by atoms with Gasteiger partial charge in [-0.25, -0.2) is 0 Å². The maximum atomic E-state index is 12.7. The van der Waals surface area contributed by atoms with Crippen molar-refractivity contribution in [1.82, 2.24) is 5.32 Å². The zero-order valence-corrected chi connectivity index (χ0v) is 10.9. The summed E-state index contributed by atoms with van der Waals surface area (Å²) in [6.07, 6.45) is -3.49. The molecule has 0 bridgehead atoms. The summed E-state index contributed by atoms with van der Waals surface area (Å²) >= 11 is 0. The van der Waals surface area contributed by atoms with Gasteiger partial charge in [0.2, 0.25) is 0 Å². The maximum absolute atomic E-state index is 12.7. The number of hydrogen-bond donors (Lipinski definition) is 1. The lowest BCUT2D eigenvalue weighted by atomic mass is 9.99. The Morgan fingerprint density at radius 2 is 2.16 bits per heavy atom. The van der Waals surface area contributed by atoms with Crippen LogP contribution in [0.2, 0.25) is 0 Å². The van der Waals surface area contributed by atoms with Crippen LogP contribution in [-0.4, -0.2) is 19.3 Å². The molecule has 2 nitrogen and oxygen atoms in total. The predicted octanol–water partition coefficient (Wildman–Crippen LogP) is 3.61. The van der Waals surface area contributed by atoms with Crippen LogP contribution in [0.1, 0.15) is 36.9 Å². The minimum atomic E-state index is -4.19. The number of ether oxygens (including phenoxy) is 1. The van der Waals surface area contributed by atoms with Crippen LogP contribution in [0.15, 0.2) is 18.2 Å². The van der Waals surface area contributed by atoms with Gasteiger partial charge in [-0.3, -0.25) is 0 Å². The van der Waals surface area contributed by atoms with Gasteiger partial charge in [0.05, 0.1) is 13.0 Å². The van der Waals surface area contributed by atoms with Crippen LogP contribution in [0.4, 0.5) is 13.2 Å². The maximum Gasteiger partial charge on any atom is 0.390 e. The molecule has 0 aliphatic carbocycles. The third-order valence-electron chi connectivity index (χ3n) is 3.20. The number of fused-ring (bicyclic) bond motifs is 1. The topological polar surface area (TPSA) is 21.3 Å². The molecule has 2 rings (SSSR count). The van der Waals surface area contributed by atoms with Gasteiger partial charge in [-0.15, -0.1) is 0 Å². The summed E-state index contributed by atoms with van der Waals surface area (Å²) < 4.78 is 43.6. The largest absolute Gasteiger partial charge is 0.493 e. The van der Waals surface area contributed by atoms with Gasteiger partial charge in [-0.2, -0.15) is 13.2 Å². The minimum Gasteiger partial charge on any atom is -0.493 e. The summed E-state index contributed by atoms with van der Waals surface area (Å²) in [7, 11) is 0. The van der Waals surface area contributed by atoms with E-state index in [0.29, 0.717) is 24.5 Å². The van der Waals surface area contributed by atoms with Gasteiger partial charge in [0.15, 0.2) is 0 Å². The quantitative estimate of drug-likeness (QED) is 0.884. The minimum absolute atomic E-state index is 0.554. The predicted molar refractivity (Wildman–Crippen MR) is 67.3 cm³/mol. The van der Waals surface area contributed by atoms with E-state index in [1.54, 1.807) is 12.1 Å². The van der Waals surface area contributed by atoms with Gasteiger partial charge in [-0.1, -0.05) is 25.1 Å². The van der Waals surface area contributed by atoms with E-state index in [0.717, 1.165) is 18.4 Å². The third-order valence-corrected chi connectivity index (χ3v) is 3.20. The molecule has 0 saturated carbocycles. The van der Waals surface area contributed by atoms with E-state index in [1.807, 2.05) is 13.0 Å². The molecule has 0 aromatic heterocycles. The molecule has 1 N–H and O–H groups in total. The van der Waals surface area contributed by atoms with Crippen molar-refractivity contribution in [2.45, 2.75) is 38.4 Å². The van der Waals surface area contributed by atoms with Crippen LogP contribution in [0.3, 0.4) is 0 Å². The Kier molecular flexibility index (Phi) is 4.34. The number of para-hydroxylation sites is 1. The molecule has 1 aromatic rings. The monoisotopic (exact) mass is 273 g/mol. The van der Waals surface area contributed by atoms with Gasteiger partial charge in [-0.05, 0) is 18.5 Å². The Labute approximate surface area is 111 Å². The Morgan fingerprint density at radius 3 is 2.84 bits per heavy atom. The van der Waals surface area contributed by atoms with E-state index < -0.39 is 18.6 Å². The Bertz CT molecular complexity index is 431. The zero-order valence-electron chi connectivity index (χ0n) is 10.9. The van der Waals surface area contributed by atoms with Crippen molar-refractivity contribution >= 4 is 0 Å². The van der Waals surface area contributed by atoms with Crippen LogP contribution in [0, 0.1) is 0 Å². The van der Waals surface area contributed by atoms with Crippen molar-refractivity contribution in [2.75, 3.05) is 13.2 Å². The Balaban J connectivity index is 2.25. The molecule has 1 atom stereocenters. The van der Waals surface area contributed by atoms with Crippen molar-refractivity contribution in [3.63, 3.8) is 0 Å². The van der Waals surface area contributed by atoms with E-state index in [4.69, 9.17) is 4.74 Å². The van der Waals surface area contributed by atoms with E-state index in [9.17, 15) is 13.2 Å². The molecule has 1 aromatic carbocycles. The molecule has 5 heteroatoms. The summed E-state index contributed by atoms with van der Waals surface area (Å²) in [4.78, 5) is 0. The first-order chi connectivity index (χ1) is 9.01. The lowest BCUT2D eigenvalue weighted by molar-refractivity contribution is -0.140. The lowest BCUT2D eigenvalue weighted by Crippen LogP contribution is -2.27. The van der Waals surface area contributed by atoms with Gasteiger partial charge in [0, 0.05) is 18.0 Å². The highest BCUT2D eigenvalue weighted by molar-refractivity contribution is 5.45. The fraction of sp³-hybridized carbons (Fsp3) is 0.571. The first-order valence-electron chi connectivity index (χ1n) is 6.56. The molecule has 106 valence electrons. The van der Waals surface area contributed by atoms with E-state index in [-0.39, 0.29) is 0 Å². The van der Waals surface area contributed by atoms with Crippen LogP contribution >= 0.6 is 0 Å². The number of benzene rings is 1. The number of halogens is 3. The van der Waals surface area contributed by atoms with Gasteiger partial charge < -0.3 is 10.1 Å². The summed E-state index contributed by atoms with van der Waals surface area (Å²) in [6, 6.07) is 4.72. The summed E-state index contributed by atoms with van der Waals surface area (Å²) in [5, 5.41) is 2.97. The fourth-order valence-corrected chi connectivity index (χ4v) is 2.36. The molecule has 0 radical (unpaired) electrons. The molecular weight excluding hydrogens is 255 g/mol. The van der Waals surface area contributed by atoms with Crippen molar-refractivity contribution in [2.24, 2.45) is 0 Å². The number of rotatable bonds is 5. The zero-order chi connectivity index (χ0) is 13.9. The highest BCUT2D eigenvalue weighted by Gasteiger charge is 2.34. The second-order valence-corrected chi connectivity index (χ2v) is 4.76. The highest BCUT2D eigenvalue weighted by atomic mass is 19.4. The molecule has 0 saturated heterocycles. The smallest absolute Gasteiger partial charge is 0.390 e. The molecule has 1 aliphatic heterocycles. The fourth-order valence-electron chi connectivity index (χ4n) is 2.36. The average Bonchev–Trinajstić information content (AvgIpc) is 2.81. The average molecular weight is 273 g/mol. The van der Waals surface area contributed by atoms with Gasteiger partial charge >= 0.3 is 6.18 Å². The van der Waals surface area contributed by atoms with Crippen molar-refractivity contribution in [3.8, 4) is 5.75 Å². The van der Waals surface area contributed by atoms with Crippen molar-refractivity contribution in [1.29, 1.82) is 0 Å². The molecule has 19 heavy (non-hydrogen) atoms. The molecule has 0 fully saturated rings. The SMILES string of the molecule is CCCNC(CC(F)(F)F)c1cccc2c1OCC2. The Hall–Kier alpha value is -1.23. The van der Waals surface area contributed by atoms with E-state index in [1.165, 1.54) is 0 Å². The molecule has 1 unspecified atom stereocenters. The first-order valence-corrected chi connectivity index (χ1v) is 6.56. The van der Waals surface area contributed by atoms with E-state index in [2.05, 4.69) is 5.32 Å². The van der Waals surface area contributed by atoms with Gasteiger partial charge in [0.1, 0.15) is 5.75 Å². The first kappa shape index (κ1) is 14.2. The molecule has 1 heterocycles. The second-order valence-electron chi connectivity index (χ2n) is 4.76. The summed E-state index contributed by atoms with van der Waals surface area (Å²) in [5.41, 5.74) is 1.63. The second kappa shape index (κ2) is 5.82.